The maximum absolute atomic E-state index is 11.5. The molecule has 0 fully saturated rings. The van der Waals surface area contributed by atoms with E-state index in [1.54, 1.807) is 0 Å². The van der Waals surface area contributed by atoms with Crippen molar-refractivity contribution in [1.29, 1.82) is 0 Å². The largest absolute Gasteiger partial charge is 0.328 e. The maximum atomic E-state index is 11.5. The summed E-state index contributed by atoms with van der Waals surface area (Å²) in [6.45, 7) is 5.45. The van der Waals surface area contributed by atoms with Crippen molar-refractivity contribution in [3.8, 4) is 0 Å². The highest BCUT2D eigenvalue weighted by molar-refractivity contribution is 7.85. The van der Waals surface area contributed by atoms with Crippen molar-refractivity contribution in [3.63, 3.8) is 0 Å². The van der Waals surface area contributed by atoms with Crippen LogP contribution < -0.4 is 0 Å². The molecule has 0 saturated heterocycles. The molecule has 0 unspecified atom stereocenters. The van der Waals surface area contributed by atoms with E-state index < -0.39 is 10.1 Å². The first-order valence-electron chi connectivity index (χ1n) is 6.83. The summed E-state index contributed by atoms with van der Waals surface area (Å²) in [6.07, 6.45) is 2.92. The normalized spacial score (nSPS) is 12.9. The SMILES string of the molecule is CC(C)C(=O)CCCC[N+](C)(C)CCCS(=O)(=O)O. The van der Waals surface area contributed by atoms with Crippen molar-refractivity contribution < 1.29 is 22.2 Å². The molecular formula is C13H28NO4S+. The molecule has 0 amide bonds. The van der Waals surface area contributed by atoms with Gasteiger partial charge in [0, 0.05) is 18.8 Å². The Hall–Kier alpha value is -0.460. The highest BCUT2D eigenvalue weighted by Crippen LogP contribution is 2.08. The number of carbonyl (C=O) groups is 1. The van der Waals surface area contributed by atoms with Gasteiger partial charge in [-0.05, 0) is 12.8 Å². The van der Waals surface area contributed by atoms with Crippen molar-refractivity contribution >= 4 is 15.9 Å². The van der Waals surface area contributed by atoms with Crippen molar-refractivity contribution in [1.82, 2.24) is 0 Å². The number of quaternary nitrogens is 1. The lowest BCUT2D eigenvalue weighted by atomic mass is 10.0. The second-order valence-corrected chi connectivity index (χ2v) is 7.67. The Morgan fingerprint density at radius 2 is 1.63 bits per heavy atom. The van der Waals surface area contributed by atoms with E-state index in [0.717, 1.165) is 19.4 Å². The third-order valence-electron chi connectivity index (χ3n) is 3.25. The number of hydrogen-bond donors (Lipinski definition) is 1. The van der Waals surface area contributed by atoms with E-state index in [1.807, 2.05) is 27.9 Å². The monoisotopic (exact) mass is 294 g/mol. The van der Waals surface area contributed by atoms with Gasteiger partial charge in [0.1, 0.15) is 5.78 Å². The lowest BCUT2D eigenvalue weighted by Crippen LogP contribution is -2.41. The van der Waals surface area contributed by atoms with E-state index in [9.17, 15) is 13.2 Å². The Kier molecular flexibility index (Phi) is 7.78. The van der Waals surface area contributed by atoms with Gasteiger partial charge in [0.15, 0.2) is 0 Å². The van der Waals surface area contributed by atoms with Gasteiger partial charge < -0.3 is 4.48 Å². The molecule has 0 aromatic heterocycles. The Morgan fingerprint density at radius 3 is 2.11 bits per heavy atom. The van der Waals surface area contributed by atoms with Gasteiger partial charge in [-0.15, -0.1) is 0 Å². The fourth-order valence-corrected chi connectivity index (χ4v) is 2.41. The van der Waals surface area contributed by atoms with Crippen LogP contribution >= 0.6 is 0 Å². The Bertz CT molecular complexity index is 374. The van der Waals surface area contributed by atoms with Gasteiger partial charge in [-0.3, -0.25) is 9.35 Å². The van der Waals surface area contributed by atoms with Gasteiger partial charge in [-0.1, -0.05) is 13.8 Å². The maximum Gasteiger partial charge on any atom is 0.265 e. The predicted molar refractivity (Wildman–Crippen MR) is 76.6 cm³/mol. The van der Waals surface area contributed by atoms with Crippen LogP contribution in [0.2, 0.25) is 0 Å². The highest BCUT2D eigenvalue weighted by atomic mass is 32.2. The number of nitrogens with zero attached hydrogens (tertiary/aromatic N) is 1. The molecule has 0 radical (unpaired) electrons. The topological polar surface area (TPSA) is 71.4 Å². The van der Waals surface area contributed by atoms with Crippen molar-refractivity contribution in [3.05, 3.63) is 0 Å². The minimum Gasteiger partial charge on any atom is -0.328 e. The van der Waals surface area contributed by atoms with Crippen LogP contribution in [0.3, 0.4) is 0 Å². The zero-order chi connectivity index (χ0) is 15.1. The summed E-state index contributed by atoms with van der Waals surface area (Å²) in [5, 5.41) is 0. The molecule has 19 heavy (non-hydrogen) atoms. The van der Waals surface area contributed by atoms with Crippen LogP contribution in [0.1, 0.15) is 39.5 Å². The van der Waals surface area contributed by atoms with Gasteiger partial charge >= 0.3 is 0 Å². The van der Waals surface area contributed by atoms with E-state index in [4.69, 9.17) is 4.55 Å². The molecule has 6 heteroatoms. The van der Waals surface area contributed by atoms with Crippen molar-refractivity contribution in [2.24, 2.45) is 5.92 Å². The summed E-state index contributed by atoms with van der Waals surface area (Å²) >= 11 is 0. The van der Waals surface area contributed by atoms with Crippen LogP contribution in [0, 0.1) is 5.92 Å². The van der Waals surface area contributed by atoms with Gasteiger partial charge in [0.25, 0.3) is 10.1 Å². The zero-order valence-electron chi connectivity index (χ0n) is 12.6. The zero-order valence-corrected chi connectivity index (χ0v) is 13.4. The lowest BCUT2D eigenvalue weighted by Gasteiger charge is -2.29. The molecule has 0 aromatic rings. The summed E-state index contributed by atoms with van der Waals surface area (Å²) in [5.74, 6) is 0.231. The highest BCUT2D eigenvalue weighted by Gasteiger charge is 2.16. The van der Waals surface area contributed by atoms with Crippen LogP contribution in [0.15, 0.2) is 0 Å². The van der Waals surface area contributed by atoms with Crippen LogP contribution in [0.5, 0.6) is 0 Å². The first kappa shape index (κ1) is 18.5. The number of Topliss-reactive ketones (excluding diaryl/α,β-unsaturated/α-hetero) is 1. The number of rotatable bonds is 10. The predicted octanol–water partition coefficient (Wildman–Crippen LogP) is 1.74. The molecule has 0 aliphatic rings. The molecule has 0 rings (SSSR count). The van der Waals surface area contributed by atoms with Gasteiger partial charge in [0.2, 0.25) is 0 Å². The first-order valence-corrected chi connectivity index (χ1v) is 8.44. The Morgan fingerprint density at radius 1 is 1.11 bits per heavy atom. The summed E-state index contributed by atoms with van der Waals surface area (Å²) in [5.41, 5.74) is 0. The number of hydrogen-bond acceptors (Lipinski definition) is 3. The third-order valence-corrected chi connectivity index (χ3v) is 4.05. The molecule has 0 aliphatic carbocycles. The Labute approximate surface area is 117 Å². The van der Waals surface area contributed by atoms with Crippen molar-refractivity contribution in [2.45, 2.75) is 39.5 Å². The smallest absolute Gasteiger partial charge is 0.265 e. The second kappa shape index (κ2) is 7.97. The summed E-state index contributed by atoms with van der Waals surface area (Å²) in [7, 11) is 0.225. The average Bonchev–Trinajstić information content (AvgIpc) is 2.21. The fraction of sp³-hybridized carbons (Fsp3) is 0.923. The minimum atomic E-state index is -3.85. The molecule has 114 valence electrons. The van der Waals surface area contributed by atoms with E-state index in [1.165, 1.54) is 0 Å². The Balaban J connectivity index is 3.82. The summed E-state index contributed by atoms with van der Waals surface area (Å²) in [4.78, 5) is 11.5. The van der Waals surface area contributed by atoms with Crippen LogP contribution in [0.25, 0.3) is 0 Å². The van der Waals surface area contributed by atoms with Gasteiger partial charge in [-0.2, -0.15) is 8.42 Å². The third kappa shape index (κ3) is 11.1. The molecule has 5 nitrogen and oxygen atoms in total. The van der Waals surface area contributed by atoms with E-state index in [-0.39, 0.29) is 11.7 Å². The quantitative estimate of drug-likeness (QED) is 0.378. The van der Waals surface area contributed by atoms with Crippen LogP contribution in [0.4, 0.5) is 0 Å². The number of ketones is 1. The molecule has 0 spiro atoms. The molecule has 0 heterocycles. The van der Waals surface area contributed by atoms with Crippen LogP contribution in [-0.4, -0.2) is 56.2 Å². The van der Waals surface area contributed by atoms with Gasteiger partial charge in [-0.25, -0.2) is 0 Å². The van der Waals surface area contributed by atoms with Gasteiger partial charge in [0.05, 0.1) is 32.9 Å². The average molecular weight is 294 g/mol. The first-order chi connectivity index (χ1) is 8.53. The van der Waals surface area contributed by atoms with Crippen molar-refractivity contribution in [2.75, 3.05) is 32.9 Å². The number of unbranched alkanes of at least 4 members (excludes halogenated alkanes) is 1. The van der Waals surface area contributed by atoms with E-state index in [0.29, 0.717) is 29.7 Å². The summed E-state index contributed by atoms with van der Waals surface area (Å²) in [6, 6.07) is 0. The minimum absolute atomic E-state index is 0.109. The molecule has 0 bridgehead atoms. The molecule has 0 atom stereocenters. The van der Waals surface area contributed by atoms with E-state index >= 15 is 0 Å². The molecular weight excluding hydrogens is 266 g/mol. The lowest BCUT2D eigenvalue weighted by molar-refractivity contribution is -0.890. The molecule has 0 aliphatic heterocycles. The number of carbonyl (C=O) groups excluding carboxylic acids is 1. The fourth-order valence-electron chi connectivity index (χ4n) is 1.91. The van der Waals surface area contributed by atoms with E-state index in [2.05, 4.69) is 0 Å². The summed E-state index contributed by atoms with van der Waals surface area (Å²) < 4.78 is 30.6. The standard InChI is InChI=1S/C13H27NO4S/c1-12(2)13(15)8-5-6-9-14(3,4)10-7-11-19(16,17)18/h12H,5-11H2,1-4H3/p+1. The molecule has 0 saturated carbocycles. The molecule has 1 N–H and O–H groups in total. The second-order valence-electron chi connectivity index (χ2n) is 6.10. The molecule has 0 aromatic carbocycles. The van der Waals surface area contributed by atoms with Crippen LogP contribution in [-0.2, 0) is 14.9 Å².